The van der Waals surface area contributed by atoms with Gasteiger partial charge in [0, 0.05) is 42.9 Å². The van der Waals surface area contributed by atoms with Crippen LogP contribution in [0.5, 0.6) is 5.75 Å². The summed E-state index contributed by atoms with van der Waals surface area (Å²) in [5.41, 5.74) is -2.02. The monoisotopic (exact) mass is 486 g/mol. The molecule has 0 radical (unpaired) electrons. The summed E-state index contributed by atoms with van der Waals surface area (Å²) in [6.45, 7) is 5.58. The van der Waals surface area contributed by atoms with Crippen molar-refractivity contribution in [3.8, 4) is 18.1 Å². The van der Waals surface area contributed by atoms with Crippen molar-refractivity contribution in [2.24, 2.45) is 5.92 Å². The smallest absolute Gasteiger partial charge is 0.278 e. The Morgan fingerprint density at radius 1 is 1.29 bits per heavy atom. The summed E-state index contributed by atoms with van der Waals surface area (Å²) in [7, 11) is 0. The molecule has 2 aromatic rings. The van der Waals surface area contributed by atoms with E-state index in [1.54, 1.807) is 11.9 Å². The average Bonchev–Trinajstić information content (AvgIpc) is 2.80. The standard InChI is InChI=1S/C24H21F3N4O4/c1-4-13-6-12(3)23-29(5-2)24(35)19-21(33)20(32)16(11-30(19)31(23)10-13)22(34)28-9-15-17(26)7-14(25)8-18(15)27/h1,7-8,11,13,23,33H,3,5-6,9-10H2,2H3,(H,28,34)/t13-,23-/m0/s1. The number of terminal acetylenes is 1. The second kappa shape index (κ2) is 8.87. The van der Waals surface area contributed by atoms with Crippen LogP contribution in [-0.4, -0.2) is 45.8 Å². The summed E-state index contributed by atoms with van der Waals surface area (Å²) >= 11 is 0. The zero-order chi connectivity index (χ0) is 25.6. The minimum absolute atomic E-state index is 0.242. The average molecular weight is 486 g/mol. The Bertz CT molecular complexity index is 1340. The predicted octanol–water partition coefficient (Wildman–Crippen LogP) is 1.85. The molecule has 1 fully saturated rings. The Hall–Kier alpha value is -4.20. The molecular weight excluding hydrogens is 465 g/mol. The number of aromatic nitrogens is 1. The number of nitrogens with zero attached hydrogens (tertiary/aromatic N) is 3. The van der Waals surface area contributed by atoms with Gasteiger partial charge in [-0.2, -0.15) is 0 Å². The molecule has 4 rings (SSSR count). The third-order valence-corrected chi connectivity index (χ3v) is 6.12. The molecule has 0 bridgehead atoms. The molecule has 1 aromatic heterocycles. The zero-order valence-corrected chi connectivity index (χ0v) is 18.6. The highest BCUT2D eigenvalue weighted by Gasteiger charge is 2.44. The molecule has 0 saturated carbocycles. The molecule has 2 aliphatic rings. The van der Waals surface area contributed by atoms with Crippen LogP contribution in [0.15, 0.2) is 35.3 Å². The first-order chi connectivity index (χ1) is 16.6. The van der Waals surface area contributed by atoms with Gasteiger partial charge in [-0.25, -0.2) is 13.2 Å². The first-order valence-corrected chi connectivity index (χ1v) is 10.7. The number of pyridine rings is 1. The van der Waals surface area contributed by atoms with E-state index < -0.39 is 64.3 Å². The number of hydrogen-bond acceptors (Lipinski definition) is 5. The Balaban J connectivity index is 1.75. The lowest BCUT2D eigenvalue weighted by molar-refractivity contribution is 0.0593. The molecule has 11 heteroatoms. The molecule has 2 atom stereocenters. The van der Waals surface area contributed by atoms with Crippen molar-refractivity contribution in [3.05, 3.63) is 75.0 Å². The summed E-state index contributed by atoms with van der Waals surface area (Å²) in [6.07, 6.45) is 6.53. The van der Waals surface area contributed by atoms with Crippen LogP contribution in [0.4, 0.5) is 13.2 Å². The number of nitrogens with one attached hydrogen (secondary N) is 1. The number of benzene rings is 1. The maximum Gasteiger partial charge on any atom is 0.278 e. The minimum Gasteiger partial charge on any atom is -0.502 e. The molecule has 1 saturated heterocycles. The fraction of sp³-hybridized carbons (Fsp3) is 0.292. The lowest BCUT2D eigenvalue weighted by Gasteiger charge is -2.50. The number of fused-ring (bicyclic) bond motifs is 3. The highest BCUT2D eigenvalue weighted by Crippen LogP contribution is 2.33. The van der Waals surface area contributed by atoms with E-state index in [4.69, 9.17) is 6.42 Å². The van der Waals surface area contributed by atoms with E-state index in [9.17, 15) is 32.7 Å². The van der Waals surface area contributed by atoms with Gasteiger partial charge in [-0.05, 0) is 18.9 Å². The van der Waals surface area contributed by atoms with E-state index in [2.05, 4.69) is 17.8 Å². The van der Waals surface area contributed by atoms with Crippen LogP contribution in [0.25, 0.3) is 0 Å². The van der Waals surface area contributed by atoms with Crippen LogP contribution in [-0.2, 0) is 6.54 Å². The van der Waals surface area contributed by atoms with Crippen LogP contribution in [0.3, 0.4) is 0 Å². The van der Waals surface area contributed by atoms with Crippen molar-refractivity contribution in [1.29, 1.82) is 0 Å². The van der Waals surface area contributed by atoms with E-state index in [0.29, 0.717) is 24.1 Å². The van der Waals surface area contributed by atoms with Crippen molar-refractivity contribution in [3.63, 3.8) is 0 Å². The maximum atomic E-state index is 13.9. The molecule has 182 valence electrons. The SMILES string of the molecule is C#C[C@H]1CC(=C)[C@H]2N(CC)C(=O)c3c(O)c(=O)c(C(=O)NCc4c(F)cc(F)cc4F)cn3N2C1. The highest BCUT2D eigenvalue weighted by atomic mass is 19.1. The van der Waals surface area contributed by atoms with Gasteiger partial charge in [-0.1, -0.05) is 6.58 Å². The van der Waals surface area contributed by atoms with Gasteiger partial charge < -0.3 is 15.3 Å². The van der Waals surface area contributed by atoms with Crippen LogP contribution in [0.1, 0.15) is 39.8 Å². The second-order valence-electron chi connectivity index (χ2n) is 8.26. The molecule has 2 aliphatic heterocycles. The van der Waals surface area contributed by atoms with Gasteiger partial charge in [-0.3, -0.25) is 24.1 Å². The van der Waals surface area contributed by atoms with E-state index in [0.717, 1.165) is 6.20 Å². The summed E-state index contributed by atoms with van der Waals surface area (Å²) in [6, 6.07) is 0.918. The van der Waals surface area contributed by atoms with Gasteiger partial charge in [-0.15, -0.1) is 12.3 Å². The number of hydrogen-bond donors (Lipinski definition) is 2. The number of rotatable bonds is 4. The first-order valence-electron chi connectivity index (χ1n) is 10.7. The summed E-state index contributed by atoms with van der Waals surface area (Å²) in [4.78, 5) is 40.2. The normalized spacial score (nSPS) is 19.2. The van der Waals surface area contributed by atoms with Gasteiger partial charge in [0.2, 0.25) is 5.43 Å². The fourth-order valence-corrected chi connectivity index (χ4v) is 4.44. The van der Waals surface area contributed by atoms with Crippen LogP contribution in [0, 0.1) is 35.7 Å². The highest BCUT2D eigenvalue weighted by molar-refractivity contribution is 5.99. The number of aromatic hydroxyl groups is 1. The largest absolute Gasteiger partial charge is 0.502 e. The summed E-state index contributed by atoms with van der Waals surface area (Å²) in [5, 5.41) is 14.5. The van der Waals surface area contributed by atoms with Crippen molar-refractivity contribution >= 4 is 11.8 Å². The quantitative estimate of drug-likeness (QED) is 0.508. The Morgan fingerprint density at radius 3 is 2.54 bits per heavy atom. The first kappa shape index (κ1) is 23.9. The Kier molecular flexibility index (Phi) is 6.06. The zero-order valence-electron chi connectivity index (χ0n) is 18.6. The number of halogens is 3. The Morgan fingerprint density at radius 2 is 1.94 bits per heavy atom. The van der Waals surface area contributed by atoms with Crippen molar-refractivity contribution < 1.29 is 27.9 Å². The third-order valence-electron chi connectivity index (χ3n) is 6.12. The number of likely N-dealkylation sites (N-methyl/N-ethyl adjacent to an activating group) is 1. The number of carbonyl (C=O) groups is 2. The minimum atomic E-state index is -1.21. The molecule has 2 N–H and O–H groups in total. The van der Waals surface area contributed by atoms with Crippen molar-refractivity contribution in [2.75, 3.05) is 18.1 Å². The van der Waals surface area contributed by atoms with Crippen LogP contribution in [0.2, 0.25) is 0 Å². The molecule has 0 unspecified atom stereocenters. The molecule has 2 amide bonds. The lowest BCUT2D eigenvalue weighted by Crippen LogP contribution is -2.65. The van der Waals surface area contributed by atoms with Gasteiger partial charge in [0.15, 0.2) is 11.4 Å². The third kappa shape index (κ3) is 3.90. The lowest BCUT2D eigenvalue weighted by atomic mass is 9.92. The van der Waals surface area contributed by atoms with Gasteiger partial charge in [0.25, 0.3) is 11.8 Å². The molecule has 35 heavy (non-hydrogen) atoms. The number of amides is 2. The summed E-state index contributed by atoms with van der Waals surface area (Å²) < 4.78 is 42.2. The van der Waals surface area contributed by atoms with E-state index >= 15 is 0 Å². The van der Waals surface area contributed by atoms with Gasteiger partial charge >= 0.3 is 0 Å². The molecule has 3 heterocycles. The molecule has 0 spiro atoms. The maximum absolute atomic E-state index is 13.9. The molecule has 8 nitrogen and oxygen atoms in total. The van der Waals surface area contributed by atoms with E-state index in [-0.39, 0.29) is 24.7 Å². The van der Waals surface area contributed by atoms with E-state index in [1.165, 1.54) is 9.58 Å². The van der Waals surface area contributed by atoms with Crippen molar-refractivity contribution in [2.45, 2.75) is 26.1 Å². The number of carbonyl (C=O) groups excluding carboxylic acids is 2. The van der Waals surface area contributed by atoms with Crippen LogP contribution >= 0.6 is 0 Å². The molecular formula is C24H21F3N4O4. The van der Waals surface area contributed by atoms with Crippen molar-refractivity contribution in [1.82, 2.24) is 14.9 Å². The van der Waals surface area contributed by atoms with Gasteiger partial charge in [0.1, 0.15) is 29.2 Å². The van der Waals surface area contributed by atoms with Crippen LogP contribution < -0.4 is 15.8 Å². The van der Waals surface area contributed by atoms with E-state index in [1.807, 2.05) is 0 Å². The molecule has 0 aliphatic carbocycles. The predicted molar refractivity (Wildman–Crippen MR) is 120 cm³/mol. The molecule has 1 aromatic carbocycles. The number of piperidine rings is 1. The summed E-state index contributed by atoms with van der Waals surface area (Å²) in [5.74, 6) is -3.84. The second-order valence-corrected chi connectivity index (χ2v) is 8.26. The fourth-order valence-electron chi connectivity index (χ4n) is 4.44. The van der Waals surface area contributed by atoms with Gasteiger partial charge in [0.05, 0.1) is 6.54 Å². The topological polar surface area (TPSA) is 94.9 Å². The Labute approximate surface area is 198 Å².